The number of oxazole rings is 1. The summed E-state index contributed by atoms with van der Waals surface area (Å²) in [5, 5.41) is 3.97. The molecule has 1 aromatic carbocycles. The second-order valence-electron chi connectivity index (χ2n) is 8.29. The smallest absolute Gasteiger partial charge is 0.428 e. The van der Waals surface area contributed by atoms with Crippen molar-refractivity contribution in [1.29, 1.82) is 0 Å². The predicted molar refractivity (Wildman–Crippen MR) is 118 cm³/mol. The van der Waals surface area contributed by atoms with E-state index in [-0.39, 0.29) is 48.1 Å². The topological polar surface area (TPSA) is 141 Å². The van der Waals surface area contributed by atoms with E-state index in [2.05, 4.69) is 19.9 Å². The fraction of sp³-hybridized carbons (Fsp3) is 0.429. The number of rotatable bonds is 10. The van der Waals surface area contributed by atoms with E-state index in [1.807, 2.05) is 4.72 Å². The number of anilines is 1. The van der Waals surface area contributed by atoms with Gasteiger partial charge in [0.25, 0.3) is 11.9 Å². The molecule has 0 unspecified atom stereocenters. The number of hydrogen-bond acceptors (Lipinski definition) is 10. The molecule has 1 N–H and O–H groups in total. The van der Waals surface area contributed by atoms with E-state index in [4.69, 9.17) is 8.94 Å². The lowest BCUT2D eigenvalue weighted by Crippen LogP contribution is -2.30. The molecule has 0 saturated heterocycles. The van der Waals surface area contributed by atoms with Crippen molar-refractivity contribution in [3.8, 4) is 5.75 Å². The third kappa shape index (κ3) is 6.96. The van der Waals surface area contributed by atoms with Crippen molar-refractivity contribution in [2.45, 2.75) is 45.0 Å². The Hall–Kier alpha value is -3.62. The van der Waals surface area contributed by atoms with Gasteiger partial charge in [0, 0.05) is 12.5 Å². The lowest BCUT2D eigenvalue weighted by Gasteiger charge is -2.18. The molecule has 1 aliphatic rings. The largest absolute Gasteiger partial charge is 0.573 e. The summed E-state index contributed by atoms with van der Waals surface area (Å²) in [6.45, 7) is 1.78. The Kier molecular flexibility index (Phi) is 6.93. The highest BCUT2D eigenvalue weighted by Gasteiger charge is 2.31. The number of alkyl halides is 3. The van der Waals surface area contributed by atoms with E-state index < -0.39 is 22.3 Å². The van der Waals surface area contributed by atoms with Gasteiger partial charge in [0.15, 0.2) is 11.5 Å². The quantitative estimate of drug-likeness (QED) is 0.417. The van der Waals surface area contributed by atoms with E-state index >= 15 is 0 Å². The molecule has 1 saturated carbocycles. The van der Waals surface area contributed by atoms with Gasteiger partial charge in [-0.05, 0) is 43.9 Å². The number of aromatic nitrogens is 3. The highest BCUT2D eigenvalue weighted by Crippen LogP contribution is 2.38. The lowest BCUT2D eigenvalue weighted by atomic mass is 10.1. The van der Waals surface area contributed by atoms with Crippen LogP contribution in [0.15, 0.2) is 33.2 Å². The zero-order valence-corrected chi connectivity index (χ0v) is 20.0. The number of nitrogens with zero attached hydrogens (tertiary/aromatic N) is 4. The Morgan fingerprint density at radius 3 is 2.53 bits per heavy atom. The molecule has 0 aliphatic heterocycles. The summed E-state index contributed by atoms with van der Waals surface area (Å²) < 4.78 is 76.8. The maximum absolute atomic E-state index is 12.4. The van der Waals surface area contributed by atoms with Crippen LogP contribution in [0.4, 0.5) is 19.2 Å². The van der Waals surface area contributed by atoms with E-state index in [0.29, 0.717) is 17.8 Å². The third-order valence-corrected chi connectivity index (χ3v) is 5.68. The summed E-state index contributed by atoms with van der Waals surface area (Å²) >= 11 is 0. The second-order valence-corrected chi connectivity index (χ2v) is 10.0. The first kappa shape index (κ1) is 25.5. The van der Waals surface area contributed by atoms with Crippen LogP contribution in [-0.2, 0) is 23.0 Å². The van der Waals surface area contributed by atoms with Gasteiger partial charge in [0.2, 0.25) is 15.9 Å². The second kappa shape index (κ2) is 9.79. The molecule has 1 amide bonds. The maximum atomic E-state index is 12.4. The Balaban J connectivity index is 1.52. The average molecular weight is 529 g/mol. The minimum Gasteiger partial charge on any atom is -0.428 e. The first-order valence-corrected chi connectivity index (χ1v) is 12.7. The molecule has 15 heteroatoms. The molecule has 0 atom stereocenters. The number of sulfonamides is 1. The highest BCUT2D eigenvalue weighted by atomic mass is 32.2. The summed E-state index contributed by atoms with van der Waals surface area (Å²) in [5.41, 5.74) is 0.482. The molecule has 2 heterocycles. The number of amides is 1. The molecule has 0 bridgehead atoms. The number of aryl methyl sites for hydroxylation is 1. The summed E-state index contributed by atoms with van der Waals surface area (Å²) in [6, 6.07) is 5.40. The average Bonchev–Trinajstić information content (AvgIpc) is 3.38. The van der Waals surface area contributed by atoms with Crippen molar-refractivity contribution in [1.82, 2.24) is 19.8 Å². The Bertz CT molecular complexity index is 1330. The van der Waals surface area contributed by atoms with Gasteiger partial charge in [0.1, 0.15) is 18.1 Å². The first-order chi connectivity index (χ1) is 16.9. The number of carbonyl (C=O) groups is 1. The van der Waals surface area contributed by atoms with Gasteiger partial charge in [-0.3, -0.25) is 4.79 Å². The Labute approximate surface area is 203 Å². The molecule has 3 aromatic rings. The normalized spacial score (nSPS) is 14.0. The fourth-order valence-corrected chi connectivity index (χ4v) is 3.75. The van der Waals surface area contributed by atoms with Crippen molar-refractivity contribution < 1.29 is 40.1 Å². The molecule has 2 aromatic heterocycles. The first-order valence-electron chi connectivity index (χ1n) is 10.8. The third-order valence-electron chi connectivity index (χ3n) is 5.13. The highest BCUT2D eigenvalue weighted by molar-refractivity contribution is 7.89. The Morgan fingerprint density at radius 1 is 1.22 bits per heavy atom. The zero-order valence-electron chi connectivity index (χ0n) is 19.2. The summed E-state index contributed by atoms with van der Waals surface area (Å²) in [6.07, 6.45) is -1.64. The van der Waals surface area contributed by atoms with E-state index in [1.165, 1.54) is 31.2 Å². The number of ether oxygens (including phenoxy) is 1. The molecule has 0 radical (unpaired) electrons. The number of halogens is 3. The molecule has 36 heavy (non-hydrogen) atoms. The lowest BCUT2D eigenvalue weighted by molar-refractivity contribution is -0.274. The summed E-state index contributed by atoms with van der Waals surface area (Å²) in [4.78, 5) is 22.5. The van der Waals surface area contributed by atoms with Crippen LogP contribution in [0.1, 0.15) is 52.3 Å². The molecule has 194 valence electrons. The summed E-state index contributed by atoms with van der Waals surface area (Å²) in [7, 11) is -3.82. The van der Waals surface area contributed by atoms with E-state index in [9.17, 15) is 26.4 Å². The number of nitrogens with one attached hydrogen (secondary N) is 1. The molecule has 1 aliphatic carbocycles. The minimum absolute atomic E-state index is 0.00866. The standard InChI is InChI=1S/C21H22F3N5O6S/c1-12-17(19(30)28-36(2,31)32)26-20(33-12)29(11-16-25-18(27-35-16)14-5-6-14)10-9-13-3-7-15(8-4-13)34-21(22,23)24/h3-4,7-8,14H,5-6,9-11H2,1-2H3,(H,28,30). The van der Waals surface area contributed by atoms with Gasteiger partial charge in [-0.1, -0.05) is 17.3 Å². The van der Waals surface area contributed by atoms with Crippen LogP contribution in [0.3, 0.4) is 0 Å². The molecule has 4 rings (SSSR count). The Morgan fingerprint density at radius 2 is 1.92 bits per heavy atom. The summed E-state index contributed by atoms with van der Waals surface area (Å²) in [5.74, 6) is -0.0473. The number of hydrogen-bond donors (Lipinski definition) is 1. The predicted octanol–water partition coefficient (Wildman–Crippen LogP) is 3.08. The molecular weight excluding hydrogens is 507 g/mol. The molecular formula is C21H22F3N5O6S. The maximum Gasteiger partial charge on any atom is 0.573 e. The number of carbonyl (C=O) groups excluding carboxylic acids is 1. The molecule has 11 nitrogen and oxygen atoms in total. The van der Waals surface area contributed by atoms with Gasteiger partial charge in [-0.25, -0.2) is 13.1 Å². The van der Waals surface area contributed by atoms with Crippen LogP contribution in [0.5, 0.6) is 5.75 Å². The van der Waals surface area contributed by atoms with Crippen LogP contribution in [0.25, 0.3) is 0 Å². The van der Waals surface area contributed by atoms with Crippen molar-refractivity contribution in [2.24, 2.45) is 0 Å². The van der Waals surface area contributed by atoms with Crippen LogP contribution in [0.2, 0.25) is 0 Å². The van der Waals surface area contributed by atoms with E-state index in [0.717, 1.165) is 19.1 Å². The van der Waals surface area contributed by atoms with Gasteiger partial charge >= 0.3 is 6.36 Å². The van der Waals surface area contributed by atoms with Gasteiger partial charge in [0.05, 0.1) is 6.26 Å². The van der Waals surface area contributed by atoms with Crippen molar-refractivity contribution >= 4 is 21.9 Å². The van der Waals surface area contributed by atoms with Gasteiger partial charge in [-0.15, -0.1) is 13.2 Å². The van der Waals surface area contributed by atoms with Crippen molar-refractivity contribution in [2.75, 3.05) is 17.7 Å². The molecule has 0 spiro atoms. The van der Waals surface area contributed by atoms with Crippen LogP contribution in [-0.4, -0.2) is 48.6 Å². The van der Waals surface area contributed by atoms with Crippen LogP contribution >= 0.6 is 0 Å². The molecule has 1 fully saturated rings. The van der Waals surface area contributed by atoms with Crippen LogP contribution < -0.4 is 14.4 Å². The van der Waals surface area contributed by atoms with Gasteiger partial charge < -0.3 is 18.6 Å². The monoisotopic (exact) mass is 529 g/mol. The zero-order chi connectivity index (χ0) is 26.1. The van der Waals surface area contributed by atoms with Crippen molar-refractivity contribution in [3.05, 3.63) is 53.0 Å². The minimum atomic E-state index is -4.79. The number of benzene rings is 1. The van der Waals surface area contributed by atoms with E-state index in [1.54, 1.807) is 4.90 Å². The fourth-order valence-electron chi connectivity index (χ4n) is 3.31. The van der Waals surface area contributed by atoms with Gasteiger partial charge in [-0.2, -0.15) is 9.97 Å². The van der Waals surface area contributed by atoms with Crippen LogP contribution in [0, 0.1) is 6.92 Å². The SMILES string of the molecule is Cc1oc(N(CCc2ccc(OC(F)(F)F)cc2)Cc2nc(C3CC3)no2)nc1C(=O)NS(C)(=O)=O. The van der Waals surface area contributed by atoms with Crippen molar-refractivity contribution in [3.63, 3.8) is 0 Å².